The molecule has 5 nitrogen and oxygen atoms in total. The van der Waals surface area contributed by atoms with Crippen LogP contribution in [0.3, 0.4) is 0 Å². The van der Waals surface area contributed by atoms with Crippen molar-refractivity contribution in [2.75, 3.05) is 11.7 Å². The van der Waals surface area contributed by atoms with E-state index in [0.717, 1.165) is 31.2 Å². The Morgan fingerprint density at radius 1 is 1.07 bits per heavy atom. The van der Waals surface area contributed by atoms with E-state index in [1.165, 1.54) is 6.42 Å². The summed E-state index contributed by atoms with van der Waals surface area (Å²) in [6.45, 7) is 4.23. The van der Waals surface area contributed by atoms with Gasteiger partial charge in [-0.15, -0.1) is 0 Å². The van der Waals surface area contributed by atoms with Gasteiger partial charge in [-0.3, -0.25) is 9.69 Å². The standard InChI is InChI=1S/C23H22N2O3/c1-17(18-11-12-20-21(15-18)28-16-27-20)10-13-23(26)25(19-7-3-2-4-8-19)22-9-5-6-14-24-22/h5-6,9,11-12,14-15,19H,1-4,7-8,16H2. The third-order valence-electron chi connectivity index (χ3n) is 5.10. The quantitative estimate of drug-likeness (QED) is 0.756. The van der Waals surface area contributed by atoms with Crippen molar-refractivity contribution in [3.05, 3.63) is 54.7 Å². The Labute approximate surface area is 165 Å². The summed E-state index contributed by atoms with van der Waals surface area (Å²) in [5.74, 6) is 7.48. The second-order valence-corrected chi connectivity index (χ2v) is 6.95. The second-order valence-electron chi connectivity index (χ2n) is 6.95. The van der Waals surface area contributed by atoms with E-state index in [0.29, 0.717) is 22.9 Å². The fourth-order valence-electron chi connectivity index (χ4n) is 3.64. The zero-order chi connectivity index (χ0) is 19.3. The number of ether oxygens (including phenoxy) is 2. The van der Waals surface area contributed by atoms with E-state index in [4.69, 9.17) is 9.47 Å². The van der Waals surface area contributed by atoms with Crippen molar-refractivity contribution in [2.45, 2.75) is 38.1 Å². The lowest BCUT2D eigenvalue weighted by Crippen LogP contribution is -2.41. The molecule has 142 valence electrons. The van der Waals surface area contributed by atoms with Crippen molar-refractivity contribution in [1.82, 2.24) is 4.98 Å². The number of hydrogen-bond donors (Lipinski definition) is 0. The van der Waals surface area contributed by atoms with E-state index in [-0.39, 0.29) is 18.7 Å². The predicted octanol–water partition coefficient (Wildman–Crippen LogP) is 4.19. The minimum atomic E-state index is -0.243. The van der Waals surface area contributed by atoms with Gasteiger partial charge in [-0.1, -0.05) is 37.8 Å². The highest BCUT2D eigenvalue weighted by atomic mass is 16.7. The van der Waals surface area contributed by atoms with Gasteiger partial charge in [-0.25, -0.2) is 4.98 Å². The molecule has 0 unspecified atom stereocenters. The minimum absolute atomic E-state index is 0.143. The smallest absolute Gasteiger partial charge is 0.304 e. The van der Waals surface area contributed by atoms with E-state index in [2.05, 4.69) is 23.4 Å². The maximum atomic E-state index is 13.0. The largest absolute Gasteiger partial charge is 0.454 e. The summed E-state index contributed by atoms with van der Waals surface area (Å²) in [6, 6.07) is 11.3. The van der Waals surface area contributed by atoms with E-state index in [9.17, 15) is 4.79 Å². The van der Waals surface area contributed by atoms with E-state index < -0.39 is 0 Å². The Hall–Kier alpha value is -3.26. The van der Waals surface area contributed by atoms with Gasteiger partial charge < -0.3 is 9.47 Å². The van der Waals surface area contributed by atoms with Crippen LogP contribution in [0.4, 0.5) is 5.82 Å². The molecule has 2 aliphatic rings. The summed E-state index contributed by atoms with van der Waals surface area (Å²) in [6.07, 6.45) is 7.13. The Kier molecular flexibility index (Phi) is 5.29. The molecule has 1 aromatic heterocycles. The monoisotopic (exact) mass is 374 g/mol. The third kappa shape index (κ3) is 3.86. The molecule has 28 heavy (non-hydrogen) atoms. The Morgan fingerprint density at radius 3 is 2.68 bits per heavy atom. The van der Waals surface area contributed by atoms with Crippen molar-refractivity contribution in [3.8, 4) is 23.3 Å². The molecule has 1 aliphatic heterocycles. The SMILES string of the molecule is C=C(C#CC(=O)N(c1ccccn1)C1CCCCC1)c1ccc2c(c1)OCO2. The van der Waals surface area contributed by atoms with Gasteiger partial charge in [-0.2, -0.15) is 0 Å². The van der Waals surface area contributed by atoms with Gasteiger partial charge >= 0.3 is 5.91 Å². The number of rotatable bonds is 3. The molecule has 4 rings (SSSR count). The molecule has 0 bridgehead atoms. The molecule has 1 aromatic carbocycles. The fourth-order valence-corrected chi connectivity index (χ4v) is 3.64. The first kappa shape index (κ1) is 18.1. The second kappa shape index (κ2) is 8.18. The first-order chi connectivity index (χ1) is 13.7. The zero-order valence-electron chi connectivity index (χ0n) is 15.7. The lowest BCUT2D eigenvalue weighted by atomic mass is 9.94. The summed E-state index contributed by atoms with van der Waals surface area (Å²) in [4.78, 5) is 19.1. The number of hydrogen-bond acceptors (Lipinski definition) is 4. The molecule has 0 radical (unpaired) electrons. The highest BCUT2D eigenvalue weighted by Crippen LogP contribution is 2.34. The van der Waals surface area contributed by atoms with Crippen LogP contribution in [0.1, 0.15) is 37.7 Å². The molecule has 1 amide bonds. The number of benzene rings is 1. The molecule has 1 saturated carbocycles. The topological polar surface area (TPSA) is 51.7 Å². The summed E-state index contributed by atoms with van der Waals surface area (Å²) in [5, 5.41) is 0. The molecule has 0 saturated heterocycles. The van der Waals surface area contributed by atoms with Gasteiger partial charge in [0.15, 0.2) is 11.5 Å². The molecule has 0 N–H and O–H groups in total. The van der Waals surface area contributed by atoms with Crippen LogP contribution in [-0.2, 0) is 4.79 Å². The van der Waals surface area contributed by atoms with Gasteiger partial charge in [0.05, 0.1) is 0 Å². The van der Waals surface area contributed by atoms with Gasteiger partial charge in [0.2, 0.25) is 6.79 Å². The average Bonchev–Trinajstić information content (AvgIpc) is 3.22. The van der Waals surface area contributed by atoms with E-state index >= 15 is 0 Å². The normalized spacial score (nSPS) is 15.4. The number of nitrogens with zero attached hydrogens (tertiary/aromatic N) is 2. The first-order valence-electron chi connectivity index (χ1n) is 9.57. The molecule has 0 atom stereocenters. The van der Waals surface area contributed by atoms with Gasteiger partial charge in [0.25, 0.3) is 0 Å². The lowest BCUT2D eigenvalue weighted by Gasteiger charge is -2.32. The maximum Gasteiger partial charge on any atom is 0.304 e. The predicted molar refractivity (Wildman–Crippen MR) is 108 cm³/mol. The van der Waals surface area contributed by atoms with Crippen LogP contribution in [0.25, 0.3) is 5.57 Å². The van der Waals surface area contributed by atoms with Crippen molar-refractivity contribution in [1.29, 1.82) is 0 Å². The molecular weight excluding hydrogens is 352 g/mol. The summed E-state index contributed by atoms with van der Waals surface area (Å²) in [5.41, 5.74) is 1.38. The first-order valence-corrected chi connectivity index (χ1v) is 9.57. The van der Waals surface area contributed by atoms with E-state index in [1.807, 2.05) is 36.4 Å². The van der Waals surface area contributed by atoms with Gasteiger partial charge in [0, 0.05) is 23.7 Å². The third-order valence-corrected chi connectivity index (χ3v) is 5.10. The van der Waals surface area contributed by atoms with E-state index in [1.54, 1.807) is 11.1 Å². The number of amides is 1. The van der Waals surface area contributed by atoms with Gasteiger partial charge in [-0.05, 0) is 48.7 Å². The number of pyridine rings is 1. The van der Waals surface area contributed by atoms with Crippen LogP contribution in [0.15, 0.2) is 49.2 Å². The summed E-state index contributed by atoms with van der Waals surface area (Å²) < 4.78 is 10.7. The number of allylic oxidation sites excluding steroid dienone is 1. The number of carbonyl (C=O) groups is 1. The Morgan fingerprint density at radius 2 is 1.89 bits per heavy atom. The van der Waals surface area contributed by atoms with Crippen molar-refractivity contribution in [3.63, 3.8) is 0 Å². The van der Waals surface area contributed by atoms with Crippen LogP contribution >= 0.6 is 0 Å². The molecular formula is C23H22N2O3. The lowest BCUT2D eigenvalue weighted by molar-refractivity contribution is -0.114. The van der Waals surface area contributed by atoms with Crippen LogP contribution in [0.2, 0.25) is 0 Å². The molecule has 1 aliphatic carbocycles. The number of anilines is 1. The fraction of sp³-hybridized carbons (Fsp3) is 0.304. The van der Waals surface area contributed by atoms with Crippen LogP contribution < -0.4 is 14.4 Å². The molecule has 1 fully saturated rings. The van der Waals surface area contributed by atoms with Crippen molar-refractivity contribution >= 4 is 17.3 Å². The molecule has 2 aromatic rings. The summed E-state index contributed by atoms with van der Waals surface area (Å²) >= 11 is 0. The summed E-state index contributed by atoms with van der Waals surface area (Å²) in [7, 11) is 0. The Bertz CT molecular complexity index is 937. The van der Waals surface area contributed by atoms with Gasteiger partial charge in [0.1, 0.15) is 5.82 Å². The average molecular weight is 374 g/mol. The molecule has 5 heteroatoms. The van der Waals surface area contributed by atoms with Crippen LogP contribution in [0.5, 0.6) is 11.5 Å². The van der Waals surface area contributed by atoms with Crippen LogP contribution in [-0.4, -0.2) is 23.7 Å². The van der Waals surface area contributed by atoms with Crippen molar-refractivity contribution in [2.24, 2.45) is 0 Å². The number of carbonyl (C=O) groups excluding carboxylic acids is 1. The minimum Gasteiger partial charge on any atom is -0.454 e. The van der Waals surface area contributed by atoms with Crippen LogP contribution in [0, 0.1) is 11.8 Å². The highest BCUT2D eigenvalue weighted by molar-refractivity contribution is 6.07. The Balaban J connectivity index is 1.55. The van der Waals surface area contributed by atoms with Crippen molar-refractivity contribution < 1.29 is 14.3 Å². The molecule has 0 spiro atoms. The highest BCUT2D eigenvalue weighted by Gasteiger charge is 2.26. The number of aromatic nitrogens is 1. The number of fused-ring (bicyclic) bond motifs is 1. The maximum absolute atomic E-state index is 13.0. The zero-order valence-corrected chi connectivity index (χ0v) is 15.7. The molecule has 2 heterocycles.